The molecule has 1 aliphatic rings. The summed E-state index contributed by atoms with van der Waals surface area (Å²) in [5, 5.41) is 6.92. The fourth-order valence-electron chi connectivity index (χ4n) is 2.59. The van der Waals surface area contributed by atoms with Gasteiger partial charge in [-0.1, -0.05) is 0 Å². The van der Waals surface area contributed by atoms with Crippen LogP contribution >= 0.6 is 15.9 Å². The van der Waals surface area contributed by atoms with Gasteiger partial charge in [0.2, 0.25) is 0 Å². The Kier molecular flexibility index (Phi) is 5.14. The van der Waals surface area contributed by atoms with Crippen molar-refractivity contribution in [3.05, 3.63) is 44.9 Å². The molecule has 1 atom stereocenters. The molecule has 1 aliphatic heterocycles. The molecule has 25 heavy (non-hydrogen) atoms. The second-order valence-corrected chi connectivity index (χ2v) is 6.60. The second-order valence-electron chi connectivity index (χ2n) is 5.79. The standard InChI is InChI=1S/C16H18BrN5O3/c1-10-9-25-6-5-22(10)15(23)11-3-4-14(18-8-11)19-12-7-13(17)20-21(2)16(12)24/h3-4,7-8,10H,5-6,9H2,1-2H3,(H,18,19)/t10-/m1/s1. The quantitative estimate of drug-likeness (QED) is 0.829. The van der Waals surface area contributed by atoms with E-state index in [0.29, 0.717) is 41.4 Å². The SMILES string of the molecule is C[C@@H]1COCCN1C(=O)c1ccc(Nc2cc(Br)nn(C)c2=O)nc1. The fourth-order valence-corrected chi connectivity index (χ4v) is 3.06. The minimum Gasteiger partial charge on any atom is -0.377 e. The Morgan fingerprint density at radius 3 is 2.92 bits per heavy atom. The molecule has 0 unspecified atom stereocenters. The Morgan fingerprint density at radius 2 is 2.24 bits per heavy atom. The largest absolute Gasteiger partial charge is 0.377 e. The lowest BCUT2D eigenvalue weighted by Crippen LogP contribution is -2.47. The number of hydrogen-bond acceptors (Lipinski definition) is 6. The number of amides is 1. The Hall–Kier alpha value is -2.26. The Balaban J connectivity index is 1.76. The molecule has 8 nitrogen and oxygen atoms in total. The van der Waals surface area contributed by atoms with E-state index in [1.54, 1.807) is 30.1 Å². The molecule has 1 amide bonds. The number of morpholine rings is 1. The van der Waals surface area contributed by atoms with Gasteiger partial charge < -0.3 is 15.0 Å². The lowest BCUT2D eigenvalue weighted by Gasteiger charge is -2.33. The van der Waals surface area contributed by atoms with Crippen LogP contribution in [0.2, 0.25) is 0 Å². The molecule has 1 saturated heterocycles. The predicted octanol–water partition coefficient (Wildman–Crippen LogP) is 1.54. The van der Waals surface area contributed by atoms with Crippen LogP contribution in [0.15, 0.2) is 33.8 Å². The van der Waals surface area contributed by atoms with E-state index in [1.807, 2.05) is 6.92 Å². The van der Waals surface area contributed by atoms with Crippen LogP contribution in [0.5, 0.6) is 0 Å². The predicted molar refractivity (Wildman–Crippen MR) is 96.0 cm³/mol. The fraction of sp³-hybridized carbons (Fsp3) is 0.375. The normalized spacial score (nSPS) is 17.4. The van der Waals surface area contributed by atoms with Gasteiger partial charge in [0.05, 0.1) is 24.8 Å². The summed E-state index contributed by atoms with van der Waals surface area (Å²) >= 11 is 3.25. The molecule has 0 aromatic carbocycles. The number of carbonyl (C=O) groups is 1. The van der Waals surface area contributed by atoms with Gasteiger partial charge in [0.1, 0.15) is 16.1 Å². The van der Waals surface area contributed by atoms with Crippen molar-refractivity contribution in [3.63, 3.8) is 0 Å². The number of nitrogens with zero attached hydrogens (tertiary/aromatic N) is 4. The summed E-state index contributed by atoms with van der Waals surface area (Å²) in [6, 6.07) is 4.99. The van der Waals surface area contributed by atoms with E-state index in [-0.39, 0.29) is 17.5 Å². The summed E-state index contributed by atoms with van der Waals surface area (Å²) < 4.78 is 7.11. The third-order valence-electron chi connectivity index (χ3n) is 3.93. The Bertz CT molecular complexity index is 837. The summed E-state index contributed by atoms with van der Waals surface area (Å²) in [6.45, 7) is 3.61. The maximum absolute atomic E-state index is 12.6. The molecule has 0 aliphatic carbocycles. The van der Waals surface area contributed by atoms with E-state index in [9.17, 15) is 9.59 Å². The van der Waals surface area contributed by atoms with Gasteiger partial charge >= 0.3 is 0 Å². The molecule has 1 N–H and O–H groups in total. The molecule has 3 heterocycles. The van der Waals surface area contributed by atoms with Crippen LogP contribution in [0, 0.1) is 0 Å². The number of hydrogen-bond donors (Lipinski definition) is 1. The minimum absolute atomic E-state index is 0.0382. The zero-order chi connectivity index (χ0) is 18.0. The van der Waals surface area contributed by atoms with Crippen LogP contribution in [-0.4, -0.2) is 51.4 Å². The molecule has 3 rings (SSSR count). The lowest BCUT2D eigenvalue weighted by molar-refractivity contribution is 0.00357. The maximum Gasteiger partial charge on any atom is 0.290 e. The number of carbonyl (C=O) groups excluding carboxylic acids is 1. The van der Waals surface area contributed by atoms with Gasteiger partial charge in [-0.05, 0) is 35.0 Å². The number of anilines is 2. The number of nitrogens with one attached hydrogen (secondary N) is 1. The Morgan fingerprint density at radius 1 is 1.44 bits per heavy atom. The van der Waals surface area contributed by atoms with Crippen molar-refractivity contribution in [2.45, 2.75) is 13.0 Å². The van der Waals surface area contributed by atoms with E-state index in [4.69, 9.17) is 4.74 Å². The van der Waals surface area contributed by atoms with Crippen LogP contribution in [-0.2, 0) is 11.8 Å². The number of halogens is 1. The number of aryl methyl sites for hydroxylation is 1. The van der Waals surface area contributed by atoms with Crippen LogP contribution in [0.1, 0.15) is 17.3 Å². The summed E-state index contributed by atoms with van der Waals surface area (Å²) in [7, 11) is 1.57. The average Bonchev–Trinajstić information content (AvgIpc) is 2.60. The second kappa shape index (κ2) is 7.32. The van der Waals surface area contributed by atoms with E-state index >= 15 is 0 Å². The van der Waals surface area contributed by atoms with Crippen LogP contribution in [0.4, 0.5) is 11.5 Å². The van der Waals surface area contributed by atoms with Gasteiger partial charge in [0.25, 0.3) is 11.5 Å². The van der Waals surface area contributed by atoms with Gasteiger partial charge in [-0.15, -0.1) is 0 Å². The number of ether oxygens (including phenoxy) is 1. The molecule has 0 radical (unpaired) electrons. The molecule has 132 valence electrons. The average molecular weight is 408 g/mol. The smallest absolute Gasteiger partial charge is 0.290 e. The maximum atomic E-state index is 12.6. The van der Waals surface area contributed by atoms with E-state index in [1.165, 1.54) is 10.9 Å². The number of aromatic nitrogens is 3. The highest BCUT2D eigenvalue weighted by molar-refractivity contribution is 9.10. The highest BCUT2D eigenvalue weighted by atomic mass is 79.9. The first-order valence-electron chi connectivity index (χ1n) is 7.81. The number of pyridine rings is 1. The molecule has 0 saturated carbocycles. The van der Waals surface area contributed by atoms with Gasteiger partial charge in [-0.3, -0.25) is 9.59 Å². The topological polar surface area (TPSA) is 89.4 Å². The zero-order valence-electron chi connectivity index (χ0n) is 13.9. The third-order valence-corrected chi connectivity index (χ3v) is 4.32. The molecule has 0 bridgehead atoms. The summed E-state index contributed by atoms with van der Waals surface area (Å²) in [5.41, 5.74) is 0.577. The van der Waals surface area contributed by atoms with Gasteiger partial charge in [0, 0.05) is 25.9 Å². The van der Waals surface area contributed by atoms with Crippen LogP contribution in [0.25, 0.3) is 0 Å². The van der Waals surface area contributed by atoms with E-state index < -0.39 is 0 Å². The summed E-state index contributed by atoms with van der Waals surface area (Å²) in [5.74, 6) is 0.402. The van der Waals surface area contributed by atoms with Gasteiger partial charge in [-0.2, -0.15) is 5.10 Å². The van der Waals surface area contributed by atoms with Crippen molar-refractivity contribution in [1.82, 2.24) is 19.7 Å². The Labute approximate surface area is 152 Å². The highest BCUT2D eigenvalue weighted by Gasteiger charge is 2.24. The third kappa shape index (κ3) is 3.88. The first kappa shape index (κ1) is 17.6. The summed E-state index contributed by atoms with van der Waals surface area (Å²) in [4.78, 5) is 30.6. The first-order valence-corrected chi connectivity index (χ1v) is 8.60. The van der Waals surface area contributed by atoms with Gasteiger partial charge in [-0.25, -0.2) is 9.67 Å². The summed E-state index contributed by atoms with van der Waals surface area (Å²) in [6.07, 6.45) is 1.51. The van der Waals surface area contributed by atoms with Crippen molar-refractivity contribution in [3.8, 4) is 0 Å². The highest BCUT2D eigenvalue weighted by Crippen LogP contribution is 2.16. The van der Waals surface area contributed by atoms with E-state index in [0.717, 1.165) is 0 Å². The van der Waals surface area contributed by atoms with E-state index in [2.05, 4.69) is 31.3 Å². The zero-order valence-corrected chi connectivity index (χ0v) is 15.5. The van der Waals surface area contributed by atoms with Crippen molar-refractivity contribution in [2.24, 2.45) is 7.05 Å². The van der Waals surface area contributed by atoms with Crippen molar-refractivity contribution >= 4 is 33.3 Å². The van der Waals surface area contributed by atoms with Crippen molar-refractivity contribution in [2.75, 3.05) is 25.1 Å². The molecule has 9 heteroatoms. The van der Waals surface area contributed by atoms with Crippen LogP contribution in [0.3, 0.4) is 0 Å². The van der Waals surface area contributed by atoms with Gasteiger partial charge in [0.15, 0.2) is 0 Å². The minimum atomic E-state index is -0.271. The van der Waals surface area contributed by atoms with Crippen molar-refractivity contribution in [1.29, 1.82) is 0 Å². The molecule has 2 aromatic heterocycles. The lowest BCUT2D eigenvalue weighted by atomic mass is 10.2. The molecule has 0 spiro atoms. The van der Waals surface area contributed by atoms with Crippen molar-refractivity contribution < 1.29 is 9.53 Å². The van der Waals surface area contributed by atoms with Crippen LogP contribution < -0.4 is 10.9 Å². The molecular weight excluding hydrogens is 390 g/mol. The number of rotatable bonds is 3. The molecule has 1 fully saturated rings. The molecular formula is C16H18BrN5O3. The molecule has 2 aromatic rings. The first-order chi connectivity index (χ1) is 12.0. The monoisotopic (exact) mass is 407 g/mol.